The number of nitrogens with zero attached hydrogens (tertiary/aromatic N) is 1. The van der Waals surface area contributed by atoms with Gasteiger partial charge in [0.2, 0.25) is 0 Å². The topological polar surface area (TPSA) is 74.4 Å². The molecule has 0 radical (unpaired) electrons. The fourth-order valence-electron chi connectivity index (χ4n) is 3.44. The van der Waals surface area contributed by atoms with Gasteiger partial charge >= 0.3 is 5.97 Å². The van der Waals surface area contributed by atoms with Crippen LogP contribution >= 0.6 is 22.9 Å². The quantitative estimate of drug-likeness (QED) is 0.578. The Labute approximate surface area is 177 Å². The standard InChI is InChI=1S/C22H19ClN2O3S/c1-3-27-22(26)17-12(2)28-20(24)19(18(17)13-8-10-14(23)11-9-13)21-25-15-6-4-5-7-16(15)29-21/h4-11,18H,3,24H2,1-2H3/t18-/m1/s1. The first-order chi connectivity index (χ1) is 14.0. The first kappa shape index (κ1) is 19.5. The Morgan fingerprint density at radius 3 is 2.66 bits per heavy atom. The van der Waals surface area contributed by atoms with Gasteiger partial charge in [-0.05, 0) is 43.7 Å². The van der Waals surface area contributed by atoms with Crippen LogP contribution in [0.2, 0.25) is 5.02 Å². The molecule has 0 fully saturated rings. The molecule has 0 spiro atoms. The number of hydrogen-bond acceptors (Lipinski definition) is 6. The molecule has 7 heteroatoms. The summed E-state index contributed by atoms with van der Waals surface area (Å²) < 4.78 is 12.1. The first-order valence-corrected chi connectivity index (χ1v) is 10.4. The summed E-state index contributed by atoms with van der Waals surface area (Å²) in [5, 5.41) is 1.32. The summed E-state index contributed by atoms with van der Waals surface area (Å²) in [6, 6.07) is 15.2. The Hall–Kier alpha value is -2.83. The van der Waals surface area contributed by atoms with Gasteiger partial charge in [-0.3, -0.25) is 0 Å². The van der Waals surface area contributed by atoms with E-state index in [1.807, 2.05) is 36.4 Å². The van der Waals surface area contributed by atoms with Crippen LogP contribution in [0.1, 0.15) is 30.3 Å². The maximum Gasteiger partial charge on any atom is 0.338 e. The number of benzene rings is 2. The zero-order valence-electron chi connectivity index (χ0n) is 15.9. The molecule has 0 saturated heterocycles. The second kappa shape index (κ2) is 7.89. The number of rotatable bonds is 4. The molecule has 5 nitrogen and oxygen atoms in total. The van der Waals surface area contributed by atoms with Gasteiger partial charge in [-0.2, -0.15) is 0 Å². The molecule has 148 valence electrons. The molecule has 1 aliphatic rings. The van der Waals surface area contributed by atoms with Gasteiger partial charge < -0.3 is 15.2 Å². The minimum atomic E-state index is -0.472. The van der Waals surface area contributed by atoms with Crippen LogP contribution in [0.15, 0.2) is 65.7 Å². The molecule has 29 heavy (non-hydrogen) atoms. The van der Waals surface area contributed by atoms with Gasteiger partial charge in [0.15, 0.2) is 5.88 Å². The zero-order chi connectivity index (χ0) is 20.5. The highest BCUT2D eigenvalue weighted by molar-refractivity contribution is 7.19. The molecule has 1 atom stereocenters. The number of ether oxygens (including phenoxy) is 2. The van der Waals surface area contributed by atoms with Gasteiger partial charge in [0.1, 0.15) is 10.8 Å². The van der Waals surface area contributed by atoms with Gasteiger partial charge in [0.05, 0.1) is 33.9 Å². The fourth-order valence-corrected chi connectivity index (χ4v) is 4.61. The molecular formula is C22H19ClN2O3S. The minimum Gasteiger partial charge on any atom is -0.463 e. The second-order valence-electron chi connectivity index (χ2n) is 6.54. The van der Waals surface area contributed by atoms with E-state index < -0.39 is 11.9 Å². The minimum absolute atomic E-state index is 0.231. The van der Waals surface area contributed by atoms with E-state index in [-0.39, 0.29) is 12.5 Å². The number of esters is 1. The molecule has 2 N–H and O–H groups in total. The Balaban J connectivity index is 1.92. The normalized spacial score (nSPS) is 16.9. The van der Waals surface area contributed by atoms with Gasteiger partial charge in [0.25, 0.3) is 0 Å². The summed E-state index contributed by atoms with van der Waals surface area (Å²) in [6.45, 7) is 3.75. The van der Waals surface area contributed by atoms with Crippen LogP contribution in [0.5, 0.6) is 0 Å². The van der Waals surface area contributed by atoms with E-state index in [4.69, 9.17) is 31.8 Å². The highest BCUT2D eigenvalue weighted by Gasteiger charge is 2.38. The van der Waals surface area contributed by atoms with E-state index in [1.165, 1.54) is 11.3 Å². The number of carbonyl (C=O) groups excluding carboxylic acids is 1. The lowest BCUT2D eigenvalue weighted by Crippen LogP contribution is -2.25. The SMILES string of the molecule is CCOC(=O)C1=C(C)OC(N)=C(c2nc3ccccc3s2)[C@@H]1c1ccc(Cl)cc1. The third kappa shape index (κ3) is 3.61. The number of para-hydroxylation sites is 1. The van der Waals surface area contributed by atoms with Crippen LogP contribution < -0.4 is 5.73 Å². The van der Waals surface area contributed by atoms with Crippen LogP contribution in [-0.4, -0.2) is 17.6 Å². The Morgan fingerprint density at radius 1 is 1.24 bits per heavy atom. The Bertz CT molecular complexity index is 1120. The van der Waals surface area contributed by atoms with E-state index in [9.17, 15) is 4.79 Å². The molecule has 2 aromatic carbocycles. The molecule has 0 amide bonds. The van der Waals surface area contributed by atoms with Crippen LogP contribution in [-0.2, 0) is 14.3 Å². The lowest BCUT2D eigenvalue weighted by molar-refractivity contribution is -0.139. The predicted molar refractivity (Wildman–Crippen MR) is 115 cm³/mol. The van der Waals surface area contributed by atoms with Crippen LogP contribution in [0.25, 0.3) is 15.8 Å². The molecule has 0 aliphatic carbocycles. The van der Waals surface area contributed by atoms with E-state index in [0.29, 0.717) is 26.9 Å². The van der Waals surface area contributed by atoms with Gasteiger partial charge in [-0.25, -0.2) is 9.78 Å². The number of fused-ring (bicyclic) bond motifs is 1. The summed E-state index contributed by atoms with van der Waals surface area (Å²) in [5.41, 5.74) is 9.12. The van der Waals surface area contributed by atoms with E-state index in [2.05, 4.69) is 0 Å². The monoisotopic (exact) mass is 426 g/mol. The molecule has 0 bridgehead atoms. The smallest absolute Gasteiger partial charge is 0.338 e. The van der Waals surface area contributed by atoms with Crippen molar-refractivity contribution in [3.8, 4) is 0 Å². The molecule has 1 aromatic heterocycles. The maximum atomic E-state index is 12.8. The number of nitrogens with two attached hydrogens (primary N) is 1. The molecular weight excluding hydrogens is 408 g/mol. The van der Waals surface area contributed by atoms with E-state index >= 15 is 0 Å². The summed E-state index contributed by atoms with van der Waals surface area (Å²) >= 11 is 7.60. The largest absolute Gasteiger partial charge is 0.463 e. The lowest BCUT2D eigenvalue weighted by atomic mass is 9.83. The molecule has 1 aliphatic heterocycles. The number of allylic oxidation sites excluding steroid dienone is 2. The summed E-state index contributed by atoms with van der Waals surface area (Å²) in [5.74, 6) is -0.253. The maximum absolute atomic E-state index is 12.8. The number of carbonyl (C=O) groups is 1. The fraction of sp³-hybridized carbons (Fsp3) is 0.182. The molecule has 0 saturated carbocycles. The van der Waals surface area contributed by atoms with E-state index in [1.54, 1.807) is 26.0 Å². The number of halogens is 1. The van der Waals surface area contributed by atoms with Crippen molar-refractivity contribution in [2.24, 2.45) is 5.73 Å². The summed E-state index contributed by atoms with van der Waals surface area (Å²) in [7, 11) is 0. The first-order valence-electron chi connectivity index (χ1n) is 9.16. The highest BCUT2D eigenvalue weighted by atomic mass is 35.5. The zero-order valence-corrected chi connectivity index (χ0v) is 17.5. The Morgan fingerprint density at radius 2 is 1.97 bits per heavy atom. The lowest BCUT2D eigenvalue weighted by Gasteiger charge is -2.29. The third-order valence-corrected chi connectivity index (χ3v) is 6.03. The average Bonchev–Trinajstić information content (AvgIpc) is 3.11. The number of hydrogen-bond donors (Lipinski definition) is 1. The average molecular weight is 427 g/mol. The van der Waals surface area contributed by atoms with Crippen molar-refractivity contribution in [2.45, 2.75) is 19.8 Å². The molecule has 3 aromatic rings. The van der Waals surface area contributed by atoms with Crippen molar-refractivity contribution in [3.63, 3.8) is 0 Å². The van der Waals surface area contributed by atoms with Crippen LogP contribution in [0.4, 0.5) is 0 Å². The molecule has 2 heterocycles. The Kier molecular flexibility index (Phi) is 5.30. The van der Waals surface area contributed by atoms with Crippen molar-refractivity contribution < 1.29 is 14.3 Å². The summed E-state index contributed by atoms with van der Waals surface area (Å²) in [6.07, 6.45) is 0. The van der Waals surface area contributed by atoms with E-state index in [0.717, 1.165) is 15.8 Å². The van der Waals surface area contributed by atoms with Crippen molar-refractivity contribution in [1.29, 1.82) is 0 Å². The van der Waals surface area contributed by atoms with Gasteiger partial charge in [-0.15, -0.1) is 11.3 Å². The predicted octanol–water partition coefficient (Wildman–Crippen LogP) is 5.23. The van der Waals surface area contributed by atoms with Crippen LogP contribution in [0, 0.1) is 0 Å². The van der Waals surface area contributed by atoms with Gasteiger partial charge in [0, 0.05) is 5.02 Å². The van der Waals surface area contributed by atoms with Crippen molar-refractivity contribution >= 4 is 44.7 Å². The second-order valence-corrected chi connectivity index (χ2v) is 8.01. The number of aromatic nitrogens is 1. The van der Waals surface area contributed by atoms with Crippen LogP contribution in [0.3, 0.4) is 0 Å². The molecule has 0 unspecified atom stereocenters. The van der Waals surface area contributed by atoms with Crippen molar-refractivity contribution in [1.82, 2.24) is 4.98 Å². The van der Waals surface area contributed by atoms with Crippen molar-refractivity contribution in [2.75, 3.05) is 6.61 Å². The number of thiazole rings is 1. The highest BCUT2D eigenvalue weighted by Crippen LogP contribution is 2.46. The van der Waals surface area contributed by atoms with Gasteiger partial charge in [-0.1, -0.05) is 35.9 Å². The van der Waals surface area contributed by atoms with Crippen molar-refractivity contribution in [3.05, 3.63) is 81.3 Å². The molecule has 4 rings (SSSR count). The summed E-state index contributed by atoms with van der Waals surface area (Å²) in [4.78, 5) is 17.6. The third-order valence-electron chi connectivity index (χ3n) is 4.71.